The third kappa shape index (κ3) is 3.07. The predicted molar refractivity (Wildman–Crippen MR) is 96.1 cm³/mol. The van der Waals surface area contributed by atoms with Gasteiger partial charge in [-0.15, -0.1) is 10.2 Å². The normalized spacial score (nSPS) is 10.8. The van der Waals surface area contributed by atoms with Crippen molar-refractivity contribution in [1.82, 2.24) is 20.0 Å². The van der Waals surface area contributed by atoms with Crippen LogP contribution in [0.15, 0.2) is 67.0 Å². The van der Waals surface area contributed by atoms with E-state index in [1.54, 1.807) is 30.5 Å². The second-order valence-corrected chi connectivity index (χ2v) is 5.75. The zero-order valence-electron chi connectivity index (χ0n) is 12.9. The van der Waals surface area contributed by atoms with Crippen molar-refractivity contribution in [2.24, 2.45) is 0 Å². The molecule has 2 aromatic heterocycles. The molecule has 0 radical (unpaired) electrons. The molecule has 0 bridgehead atoms. The Hall–Kier alpha value is -3.25. The Balaban J connectivity index is 1.68. The monoisotopic (exact) mass is 349 g/mol. The Labute approximate surface area is 148 Å². The largest absolute Gasteiger partial charge is 0.321 e. The van der Waals surface area contributed by atoms with Gasteiger partial charge in [0.05, 0.1) is 22.0 Å². The number of aromatic nitrogens is 4. The fourth-order valence-electron chi connectivity index (χ4n) is 2.40. The van der Waals surface area contributed by atoms with Crippen LogP contribution in [0.4, 0.5) is 5.69 Å². The highest BCUT2D eigenvalue weighted by atomic mass is 35.5. The Morgan fingerprint density at radius 1 is 1.00 bits per heavy atom. The Morgan fingerprint density at radius 2 is 1.76 bits per heavy atom. The minimum Gasteiger partial charge on any atom is -0.321 e. The first-order valence-electron chi connectivity index (χ1n) is 7.54. The molecule has 7 heteroatoms. The van der Waals surface area contributed by atoms with Crippen molar-refractivity contribution in [3.8, 4) is 5.69 Å². The number of hydrogen-bond donors (Lipinski definition) is 1. The van der Waals surface area contributed by atoms with Crippen molar-refractivity contribution in [3.05, 3.63) is 77.6 Å². The van der Waals surface area contributed by atoms with Gasteiger partial charge in [-0.3, -0.25) is 9.78 Å². The molecule has 1 N–H and O–H groups in total. The van der Waals surface area contributed by atoms with Gasteiger partial charge in [-0.2, -0.15) is 4.80 Å². The van der Waals surface area contributed by atoms with Gasteiger partial charge in [-0.25, -0.2) is 0 Å². The van der Waals surface area contributed by atoms with E-state index < -0.39 is 0 Å². The number of pyridine rings is 1. The zero-order valence-corrected chi connectivity index (χ0v) is 13.7. The molecule has 4 aromatic rings. The van der Waals surface area contributed by atoms with Crippen LogP contribution in [0.3, 0.4) is 0 Å². The highest BCUT2D eigenvalue weighted by molar-refractivity contribution is 6.34. The maximum atomic E-state index is 12.3. The minimum absolute atomic E-state index is 0.287. The van der Waals surface area contributed by atoms with Gasteiger partial charge in [0.25, 0.3) is 5.91 Å². The molecule has 0 aliphatic heterocycles. The molecule has 0 atom stereocenters. The SMILES string of the molecule is O=C(Nc1cc2nn(-c3ccccc3)nc2cc1Cl)c1cccnc1. The first-order chi connectivity index (χ1) is 12.2. The number of amides is 1. The topological polar surface area (TPSA) is 72.7 Å². The maximum absolute atomic E-state index is 12.3. The molecule has 1 amide bonds. The number of halogens is 1. The average molecular weight is 350 g/mol. The summed E-state index contributed by atoms with van der Waals surface area (Å²) >= 11 is 6.28. The molecule has 4 rings (SSSR count). The van der Waals surface area contributed by atoms with Gasteiger partial charge in [-0.05, 0) is 36.4 Å². The van der Waals surface area contributed by atoms with Gasteiger partial charge in [0.15, 0.2) is 0 Å². The van der Waals surface area contributed by atoms with Crippen LogP contribution in [0.5, 0.6) is 0 Å². The first-order valence-corrected chi connectivity index (χ1v) is 7.92. The van der Waals surface area contributed by atoms with Crippen molar-refractivity contribution < 1.29 is 4.79 Å². The van der Waals surface area contributed by atoms with Crippen molar-refractivity contribution in [3.63, 3.8) is 0 Å². The van der Waals surface area contributed by atoms with E-state index in [4.69, 9.17) is 11.6 Å². The smallest absolute Gasteiger partial charge is 0.257 e. The Morgan fingerprint density at radius 3 is 2.48 bits per heavy atom. The van der Waals surface area contributed by atoms with E-state index in [0.29, 0.717) is 27.3 Å². The molecule has 0 aliphatic carbocycles. The number of rotatable bonds is 3. The fraction of sp³-hybridized carbons (Fsp3) is 0. The summed E-state index contributed by atoms with van der Waals surface area (Å²) in [5.41, 5.74) is 3.05. The second kappa shape index (κ2) is 6.33. The van der Waals surface area contributed by atoms with E-state index in [-0.39, 0.29) is 5.91 Å². The lowest BCUT2D eigenvalue weighted by atomic mass is 10.2. The van der Waals surface area contributed by atoms with Crippen LogP contribution in [0, 0.1) is 0 Å². The van der Waals surface area contributed by atoms with Gasteiger partial charge in [0.1, 0.15) is 11.0 Å². The number of hydrogen-bond acceptors (Lipinski definition) is 4. The molecule has 25 heavy (non-hydrogen) atoms. The van der Waals surface area contributed by atoms with Crippen LogP contribution in [0.1, 0.15) is 10.4 Å². The van der Waals surface area contributed by atoms with Crippen LogP contribution in [0.25, 0.3) is 16.7 Å². The average Bonchev–Trinajstić information content (AvgIpc) is 3.06. The first kappa shape index (κ1) is 15.3. The molecular formula is C18H12ClN5O. The van der Waals surface area contributed by atoms with E-state index in [2.05, 4.69) is 20.5 Å². The van der Waals surface area contributed by atoms with Gasteiger partial charge in [0.2, 0.25) is 0 Å². The molecular weight excluding hydrogens is 338 g/mol. The molecule has 0 aliphatic rings. The van der Waals surface area contributed by atoms with E-state index >= 15 is 0 Å². The van der Waals surface area contributed by atoms with Gasteiger partial charge in [-0.1, -0.05) is 29.8 Å². The molecule has 2 aromatic carbocycles. The van der Waals surface area contributed by atoms with E-state index in [9.17, 15) is 4.79 Å². The molecule has 6 nitrogen and oxygen atoms in total. The van der Waals surface area contributed by atoms with Crippen LogP contribution in [-0.2, 0) is 0 Å². The fourth-order valence-corrected chi connectivity index (χ4v) is 2.61. The molecule has 0 spiro atoms. The van der Waals surface area contributed by atoms with E-state index in [1.807, 2.05) is 30.3 Å². The number of para-hydroxylation sites is 1. The van der Waals surface area contributed by atoms with Crippen molar-refractivity contribution in [2.45, 2.75) is 0 Å². The quantitative estimate of drug-likeness (QED) is 0.611. The summed E-state index contributed by atoms with van der Waals surface area (Å²) < 4.78 is 0. The number of nitrogens with zero attached hydrogens (tertiary/aromatic N) is 4. The lowest BCUT2D eigenvalue weighted by Gasteiger charge is -2.06. The third-order valence-corrected chi connectivity index (χ3v) is 3.94. The molecule has 0 unspecified atom stereocenters. The van der Waals surface area contributed by atoms with Gasteiger partial charge < -0.3 is 5.32 Å². The summed E-state index contributed by atoms with van der Waals surface area (Å²) in [6.07, 6.45) is 3.10. The lowest BCUT2D eigenvalue weighted by Crippen LogP contribution is -2.12. The Kier molecular flexibility index (Phi) is 3.87. The molecule has 0 saturated heterocycles. The third-order valence-electron chi connectivity index (χ3n) is 3.63. The van der Waals surface area contributed by atoms with Crippen molar-refractivity contribution in [2.75, 3.05) is 5.32 Å². The Bertz CT molecular complexity index is 1050. The number of benzene rings is 2. The zero-order chi connectivity index (χ0) is 17.2. The summed E-state index contributed by atoms with van der Waals surface area (Å²) in [5, 5.41) is 12.0. The minimum atomic E-state index is -0.287. The lowest BCUT2D eigenvalue weighted by molar-refractivity contribution is 0.102. The highest BCUT2D eigenvalue weighted by Crippen LogP contribution is 2.27. The van der Waals surface area contributed by atoms with Crippen molar-refractivity contribution >= 4 is 34.2 Å². The number of nitrogens with one attached hydrogen (secondary N) is 1. The molecule has 122 valence electrons. The van der Waals surface area contributed by atoms with Crippen LogP contribution in [-0.4, -0.2) is 25.9 Å². The van der Waals surface area contributed by atoms with E-state index in [1.165, 1.54) is 11.0 Å². The maximum Gasteiger partial charge on any atom is 0.257 e. The molecule has 0 fully saturated rings. The summed E-state index contributed by atoms with van der Waals surface area (Å²) in [6, 6.07) is 16.3. The van der Waals surface area contributed by atoms with Crippen LogP contribution < -0.4 is 5.32 Å². The van der Waals surface area contributed by atoms with E-state index in [0.717, 1.165) is 5.69 Å². The number of fused-ring (bicyclic) bond motifs is 1. The second-order valence-electron chi connectivity index (χ2n) is 5.34. The van der Waals surface area contributed by atoms with Gasteiger partial charge in [0, 0.05) is 12.4 Å². The molecule has 2 heterocycles. The van der Waals surface area contributed by atoms with Crippen LogP contribution in [0.2, 0.25) is 5.02 Å². The standard InChI is InChI=1S/C18H12ClN5O/c19-14-9-16-17(23-24(22-16)13-6-2-1-3-7-13)10-15(14)21-18(25)12-5-4-8-20-11-12/h1-11H,(H,21,25). The van der Waals surface area contributed by atoms with Crippen LogP contribution >= 0.6 is 11.6 Å². The summed E-state index contributed by atoms with van der Waals surface area (Å²) in [4.78, 5) is 17.8. The summed E-state index contributed by atoms with van der Waals surface area (Å²) in [7, 11) is 0. The number of carbonyl (C=O) groups excluding carboxylic acids is 1. The number of anilines is 1. The summed E-state index contributed by atoms with van der Waals surface area (Å²) in [5.74, 6) is -0.287. The molecule has 0 saturated carbocycles. The predicted octanol–water partition coefficient (Wildman–Crippen LogP) is 3.72. The number of carbonyl (C=O) groups is 1. The van der Waals surface area contributed by atoms with Gasteiger partial charge >= 0.3 is 0 Å². The van der Waals surface area contributed by atoms with Crippen molar-refractivity contribution in [1.29, 1.82) is 0 Å². The highest BCUT2D eigenvalue weighted by Gasteiger charge is 2.12. The summed E-state index contributed by atoms with van der Waals surface area (Å²) in [6.45, 7) is 0.